The molecule has 0 fully saturated rings. The van der Waals surface area contributed by atoms with Crippen molar-refractivity contribution in [1.82, 2.24) is 9.55 Å². The third-order valence-corrected chi connectivity index (χ3v) is 6.10. The maximum atomic E-state index is 13.3. The Labute approximate surface area is 197 Å². The van der Waals surface area contributed by atoms with Crippen LogP contribution in [0, 0.1) is 13.8 Å². The molecule has 5 nitrogen and oxygen atoms in total. The number of rotatable bonds is 5. The lowest BCUT2D eigenvalue weighted by atomic mass is 10.1. The predicted molar refractivity (Wildman–Crippen MR) is 128 cm³/mol. The quantitative estimate of drug-likeness (QED) is 0.290. The number of anilines is 1. The summed E-state index contributed by atoms with van der Waals surface area (Å²) in [6, 6.07) is 16.7. The summed E-state index contributed by atoms with van der Waals surface area (Å²) >= 11 is 0.979. The van der Waals surface area contributed by atoms with E-state index in [0.29, 0.717) is 11.2 Å². The van der Waals surface area contributed by atoms with Crippen molar-refractivity contribution in [2.45, 2.75) is 25.2 Å². The normalized spacial score (nSPS) is 11.6. The fourth-order valence-corrected chi connectivity index (χ4v) is 4.34. The van der Waals surface area contributed by atoms with Gasteiger partial charge in [0.05, 0.1) is 27.9 Å². The number of alkyl halides is 3. The Morgan fingerprint density at radius 3 is 2.53 bits per heavy atom. The molecule has 0 aliphatic carbocycles. The molecule has 1 heterocycles. The second-order valence-electron chi connectivity index (χ2n) is 7.76. The van der Waals surface area contributed by atoms with Crippen LogP contribution in [0.25, 0.3) is 16.6 Å². The molecule has 3 aromatic carbocycles. The minimum absolute atomic E-state index is 0.0235. The Bertz CT molecular complexity index is 1450. The fourth-order valence-electron chi connectivity index (χ4n) is 3.53. The molecule has 174 valence electrons. The summed E-state index contributed by atoms with van der Waals surface area (Å²) in [5.74, 6) is -0.410. The number of hydrogen-bond acceptors (Lipinski definition) is 4. The van der Waals surface area contributed by atoms with E-state index in [2.05, 4.69) is 10.3 Å². The Balaban J connectivity index is 1.71. The molecule has 0 radical (unpaired) electrons. The van der Waals surface area contributed by atoms with Gasteiger partial charge in [-0.25, -0.2) is 4.98 Å². The topological polar surface area (TPSA) is 64.0 Å². The Hall–Kier alpha value is -3.59. The van der Waals surface area contributed by atoms with Crippen LogP contribution in [-0.4, -0.2) is 21.2 Å². The third-order valence-electron chi connectivity index (χ3n) is 5.16. The summed E-state index contributed by atoms with van der Waals surface area (Å²) in [5.41, 5.74) is 1.66. The zero-order valence-corrected chi connectivity index (χ0v) is 19.1. The van der Waals surface area contributed by atoms with Gasteiger partial charge in [-0.3, -0.25) is 14.2 Å². The maximum Gasteiger partial charge on any atom is 0.416 e. The van der Waals surface area contributed by atoms with Crippen LogP contribution in [0.15, 0.2) is 76.7 Å². The molecular weight excluding hydrogens is 463 g/mol. The van der Waals surface area contributed by atoms with Crippen LogP contribution in [-0.2, 0) is 11.0 Å². The number of aryl methyl sites for hydroxylation is 2. The van der Waals surface area contributed by atoms with Crippen LogP contribution in [0.3, 0.4) is 0 Å². The van der Waals surface area contributed by atoms with Gasteiger partial charge < -0.3 is 5.32 Å². The summed E-state index contributed by atoms with van der Waals surface area (Å²) in [5, 5.41) is 3.22. The van der Waals surface area contributed by atoms with E-state index in [0.717, 1.165) is 39.6 Å². The highest BCUT2D eigenvalue weighted by Crippen LogP contribution is 2.31. The molecule has 4 rings (SSSR count). The first kappa shape index (κ1) is 23.6. The first-order valence-electron chi connectivity index (χ1n) is 10.3. The van der Waals surface area contributed by atoms with E-state index < -0.39 is 17.3 Å². The molecular formula is C25H20F3N3O2S. The Morgan fingerprint density at radius 2 is 1.79 bits per heavy atom. The second kappa shape index (κ2) is 9.34. The molecule has 1 N–H and O–H groups in total. The number of hydrogen-bond donors (Lipinski definition) is 1. The van der Waals surface area contributed by atoms with Gasteiger partial charge in [0.1, 0.15) is 0 Å². The van der Waals surface area contributed by atoms with Crippen LogP contribution in [0.4, 0.5) is 18.9 Å². The van der Waals surface area contributed by atoms with Crippen molar-refractivity contribution in [2.75, 3.05) is 11.1 Å². The Kier molecular flexibility index (Phi) is 6.47. The van der Waals surface area contributed by atoms with Crippen LogP contribution in [0.1, 0.15) is 16.7 Å². The molecule has 0 atom stereocenters. The van der Waals surface area contributed by atoms with Gasteiger partial charge in [-0.1, -0.05) is 47.7 Å². The molecule has 0 aliphatic rings. The van der Waals surface area contributed by atoms with Gasteiger partial charge >= 0.3 is 6.18 Å². The molecule has 0 bridgehead atoms. The van der Waals surface area contributed by atoms with Gasteiger partial charge in [-0.2, -0.15) is 13.2 Å². The number of nitrogens with one attached hydrogen (secondary N) is 1. The lowest BCUT2D eigenvalue weighted by Gasteiger charge is -2.15. The average Bonchev–Trinajstić information content (AvgIpc) is 2.79. The molecule has 34 heavy (non-hydrogen) atoms. The van der Waals surface area contributed by atoms with Crippen LogP contribution < -0.4 is 10.9 Å². The molecule has 0 aliphatic heterocycles. The number of aromatic nitrogens is 2. The summed E-state index contributed by atoms with van der Waals surface area (Å²) in [6.07, 6.45) is -4.57. The van der Waals surface area contributed by atoms with Gasteiger partial charge in [0.2, 0.25) is 5.91 Å². The summed E-state index contributed by atoms with van der Waals surface area (Å²) in [6.45, 7) is 3.83. The van der Waals surface area contributed by atoms with E-state index in [9.17, 15) is 22.8 Å². The van der Waals surface area contributed by atoms with E-state index in [-0.39, 0.29) is 27.9 Å². The molecule has 9 heteroatoms. The zero-order valence-electron chi connectivity index (χ0n) is 18.3. The number of carbonyl (C=O) groups excluding carboxylic acids is 1. The SMILES string of the molecule is Cc1ccc(NC(=O)CSc2nc3ccccc3c(=O)n2-c2cccc(C(F)(F)F)c2)c(C)c1. The van der Waals surface area contributed by atoms with E-state index in [1.54, 1.807) is 30.3 Å². The number of benzene rings is 3. The van der Waals surface area contributed by atoms with Crippen LogP contribution >= 0.6 is 11.8 Å². The summed E-state index contributed by atoms with van der Waals surface area (Å²) in [4.78, 5) is 30.3. The largest absolute Gasteiger partial charge is 0.416 e. The smallest absolute Gasteiger partial charge is 0.325 e. The lowest BCUT2D eigenvalue weighted by Crippen LogP contribution is -2.23. The van der Waals surface area contributed by atoms with E-state index in [4.69, 9.17) is 0 Å². The highest BCUT2D eigenvalue weighted by atomic mass is 32.2. The molecule has 0 unspecified atom stereocenters. The third kappa shape index (κ3) is 4.99. The maximum absolute atomic E-state index is 13.3. The second-order valence-corrected chi connectivity index (χ2v) is 8.70. The number of para-hydroxylation sites is 1. The van der Waals surface area contributed by atoms with Crippen LogP contribution in [0.5, 0.6) is 0 Å². The summed E-state index contributed by atoms with van der Waals surface area (Å²) in [7, 11) is 0. The van der Waals surface area contributed by atoms with Crippen molar-refractivity contribution in [3.63, 3.8) is 0 Å². The number of amides is 1. The number of fused-ring (bicyclic) bond motifs is 1. The van der Waals surface area contributed by atoms with Crippen LogP contribution in [0.2, 0.25) is 0 Å². The molecule has 1 aromatic heterocycles. The van der Waals surface area contributed by atoms with Gasteiger partial charge in [-0.15, -0.1) is 0 Å². The van der Waals surface area contributed by atoms with Crippen molar-refractivity contribution >= 4 is 34.3 Å². The zero-order chi connectivity index (χ0) is 24.5. The number of nitrogens with zero attached hydrogens (tertiary/aromatic N) is 2. The number of halogens is 3. The minimum Gasteiger partial charge on any atom is -0.325 e. The van der Waals surface area contributed by atoms with Gasteiger partial charge in [-0.05, 0) is 55.8 Å². The van der Waals surface area contributed by atoms with Gasteiger partial charge in [0, 0.05) is 5.69 Å². The van der Waals surface area contributed by atoms with Crippen molar-refractivity contribution in [3.8, 4) is 5.69 Å². The molecule has 0 saturated heterocycles. The fraction of sp³-hybridized carbons (Fsp3) is 0.160. The molecule has 4 aromatic rings. The highest BCUT2D eigenvalue weighted by Gasteiger charge is 2.31. The van der Waals surface area contributed by atoms with Gasteiger partial charge in [0.15, 0.2) is 5.16 Å². The summed E-state index contributed by atoms with van der Waals surface area (Å²) < 4.78 is 41.0. The molecule has 1 amide bonds. The van der Waals surface area contributed by atoms with Crippen molar-refractivity contribution in [1.29, 1.82) is 0 Å². The highest BCUT2D eigenvalue weighted by molar-refractivity contribution is 7.99. The van der Waals surface area contributed by atoms with E-state index >= 15 is 0 Å². The van der Waals surface area contributed by atoms with Crippen molar-refractivity contribution < 1.29 is 18.0 Å². The monoisotopic (exact) mass is 483 g/mol. The van der Waals surface area contributed by atoms with E-state index in [1.807, 2.05) is 26.0 Å². The standard InChI is InChI=1S/C25H20F3N3O2S/c1-15-10-11-20(16(2)12-15)29-22(32)14-34-24-30-21-9-4-3-8-19(21)23(33)31(24)18-7-5-6-17(13-18)25(26,27)28/h3-13H,14H2,1-2H3,(H,29,32). The van der Waals surface area contributed by atoms with E-state index in [1.165, 1.54) is 12.1 Å². The van der Waals surface area contributed by atoms with Crippen molar-refractivity contribution in [2.24, 2.45) is 0 Å². The van der Waals surface area contributed by atoms with Gasteiger partial charge in [0.25, 0.3) is 5.56 Å². The molecule has 0 saturated carbocycles. The number of thioether (sulfide) groups is 1. The van der Waals surface area contributed by atoms with Crippen molar-refractivity contribution in [3.05, 3.63) is 93.8 Å². The predicted octanol–water partition coefficient (Wildman–Crippen LogP) is 5.75. The number of carbonyl (C=O) groups is 1. The average molecular weight is 484 g/mol. The Morgan fingerprint density at radius 1 is 1.03 bits per heavy atom. The minimum atomic E-state index is -4.57. The molecule has 0 spiro atoms. The lowest BCUT2D eigenvalue weighted by molar-refractivity contribution is -0.137. The first-order valence-corrected chi connectivity index (χ1v) is 11.3. The first-order chi connectivity index (χ1) is 16.1.